The van der Waals surface area contributed by atoms with E-state index in [1.54, 1.807) is 30.3 Å². The number of nitrogens with zero attached hydrogens (tertiary/aromatic N) is 2. The molecule has 8 nitrogen and oxygen atoms in total. The van der Waals surface area contributed by atoms with E-state index in [0.717, 1.165) is 11.8 Å². The SMILES string of the molecule is COc1cccc(/C=N\NC(=O)c2ccc(N(Cc3ccccc3)S(C)(=O)=O)cc2)c1O. The fourth-order valence-corrected chi connectivity index (χ4v) is 3.85. The molecule has 0 atom stereocenters. The van der Waals surface area contributed by atoms with Gasteiger partial charge in [0.2, 0.25) is 10.0 Å². The number of rotatable bonds is 8. The zero-order chi connectivity index (χ0) is 23.1. The third-order valence-electron chi connectivity index (χ3n) is 4.61. The van der Waals surface area contributed by atoms with Crippen LogP contribution in [0.5, 0.6) is 11.5 Å². The lowest BCUT2D eigenvalue weighted by atomic mass is 10.2. The minimum absolute atomic E-state index is 0.0864. The number of ether oxygens (including phenoxy) is 1. The van der Waals surface area contributed by atoms with E-state index < -0.39 is 15.9 Å². The van der Waals surface area contributed by atoms with Crippen molar-refractivity contribution in [3.63, 3.8) is 0 Å². The summed E-state index contributed by atoms with van der Waals surface area (Å²) in [5.74, 6) is -0.275. The van der Waals surface area contributed by atoms with Gasteiger partial charge >= 0.3 is 0 Å². The van der Waals surface area contributed by atoms with Crippen molar-refractivity contribution in [2.24, 2.45) is 5.10 Å². The highest BCUT2D eigenvalue weighted by Crippen LogP contribution is 2.28. The van der Waals surface area contributed by atoms with Gasteiger partial charge in [0, 0.05) is 11.1 Å². The van der Waals surface area contributed by atoms with Gasteiger partial charge in [-0.1, -0.05) is 36.4 Å². The quantitative estimate of drug-likeness (QED) is 0.402. The highest BCUT2D eigenvalue weighted by atomic mass is 32.2. The number of benzene rings is 3. The summed E-state index contributed by atoms with van der Waals surface area (Å²) < 4.78 is 30.9. The topological polar surface area (TPSA) is 108 Å². The van der Waals surface area contributed by atoms with Gasteiger partial charge in [-0.2, -0.15) is 5.10 Å². The van der Waals surface area contributed by atoms with E-state index in [9.17, 15) is 18.3 Å². The number of anilines is 1. The molecule has 0 radical (unpaired) electrons. The molecule has 3 aromatic carbocycles. The molecule has 1 amide bonds. The maximum absolute atomic E-state index is 12.4. The predicted octanol–water partition coefficient (Wildman–Crippen LogP) is 3.13. The molecule has 2 N–H and O–H groups in total. The Morgan fingerprint density at radius 3 is 2.38 bits per heavy atom. The summed E-state index contributed by atoms with van der Waals surface area (Å²) in [5.41, 5.74) is 4.34. The van der Waals surface area contributed by atoms with Crippen LogP contribution in [0.25, 0.3) is 0 Å². The normalized spacial score (nSPS) is 11.3. The maximum atomic E-state index is 12.4. The summed E-state index contributed by atoms with van der Waals surface area (Å²) in [6.07, 6.45) is 2.44. The summed E-state index contributed by atoms with van der Waals surface area (Å²) >= 11 is 0. The minimum atomic E-state index is -3.53. The number of hydrogen-bond acceptors (Lipinski definition) is 6. The molecule has 166 valence electrons. The Kier molecular flexibility index (Phi) is 7.11. The molecular weight excluding hydrogens is 430 g/mol. The van der Waals surface area contributed by atoms with Gasteiger partial charge in [0.25, 0.3) is 5.91 Å². The smallest absolute Gasteiger partial charge is 0.271 e. The van der Waals surface area contributed by atoms with E-state index in [1.165, 1.54) is 29.8 Å². The first-order chi connectivity index (χ1) is 15.3. The zero-order valence-electron chi connectivity index (χ0n) is 17.6. The van der Waals surface area contributed by atoms with Crippen molar-refractivity contribution in [3.8, 4) is 11.5 Å². The molecule has 0 bridgehead atoms. The van der Waals surface area contributed by atoms with Crippen LogP contribution in [0, 0.1) is 0 Å². The molecule has 3 aromatic rings. The van der Waals surface area contributed by atoms with Crippen molar-refractivity contribution in [1.82, 2.24) is 5.43 Å². The largest absolute Gasteiger partial charge is 0.504 e. The van der Waals surface area contributed by atoms with Crippen LogP contribution in [0.3, 0.4) is 0 Å². The van der Waals surface area contributed by atoms with Crippen LogP contribution in [-0.4, -0.2) is 39.0 Å². The standard InChI is InChI=1S/C23H23N3O5S/c1-31-21-10-6-9-19(22(21)27)15-24-25-23(28)18-11-13-20(14-12-18)26(32(2,29)30)16-17-7-4-3-5-8-17/h3-15,27H,16H2,1-2H3,(H,25,28)/b24-15-. The Hall–Kier alpha value is -3.85. The first-order valence-corrected chi connectivity index (χ1v) is 11.5. The van der Waals surface area contributed by atoms with Crippen LogP contribution in [0.1, 0.15) is 21.5 Å². The monoisotopic (exact) mass is 453 g/mol. The van der Waals surface area contributed by atoms with Gasteiger partial charge in [0.15, 0.2) is 11.5 Å². The Bertz CT molecular complexity index is 1210. The Morgan fingerprint density at radius 2 is 1.75 bits per heavy atom. The van der Waals surface area contributed by atoms with Gasteiger partial charge in [-0.15, -0.1) is 0 Å². The van der Waals surface area contributed by atoms with Gasteiger partial charge in [0.1, 0.15) is 0 Å². The number of phenolic OH excluding ortho intramolecular Hbond substituents is 1. The molecule has 0 aliphatic carbocycles. The van der Waals surface area contributed by atoms with Crippen molar-refractivity contribution in [2.75, 3.05) is 17.7 Å². The number of hydrazone groups is 1. The predicted molar refractivity (Wildman–Crippen MR) is 124 cm³/mol. The highest BCUT2D eigenvalue weighted by molar-refractivity contribution is 7.92. The lowest BCUT2D eigenvalue weighted by Crippen LogP contribution is -2.29. The van der Waals surface area contributed by atoms with Crippen molar-refractivity contribution in [1.29, 1.82) is 0 Å². The third kappa shape index (κ3) is 5.64. The van der Waals surface area contributed by atoms with Gasteiger partial charge in [-0.25, -0.2) is 13.8 Å². The summed E-state index contributed by atoms with van der Waals surface area (Å²) in [6, 6.07) is 20.3. The molecule has 0 aliphatic heterocycles. The number of aromatic hydroxyl groups is 1. The molecule has 0 unspecified atom stereocenters. The third-order valence-corrected chi connectivity index (χ3v) is 5.75. The van der Waals surface area contributed by atoms with Gasteiger partial charge in [0.05, 0.1) is 31.8 Å². The van der Waals surface area contributed by atoms with Gasteiger partial charge in [-0.3, -0.25) is 9.10 Å². The number of methoxy groups -OCH3 is 1. The number of carbonyl (C=O) groups excluding carboxylic acids is 1. The van der Waals surface area contributed by atoms with Crippen molar-refractivity contribution < 1.29 is 23.1 Å². The fraction of sp³-hybridized carbons (Fsp3) is 0.130. The summed E-state index contributed by atoms with van der Waals surface area (Å²) in [5, 5.41) is 13.9. The van der Waals surface area contributed by atoms with E-state index in [-0.39, 0.29) is 12.3 Å². The van der Waals surface area contributed by atoms with Crippen molar-refractivity contribution in [2.45, 2.75) is 6.54 Å². The number of para-hydroxylation sites is 1. The summed E-state index contributed by atoms with van der Waals surface area (Å²) in [7, 11) is -2.09. The van der Waals surface area contributed by atoms with Crippen LogP contribution in [0.4, 0.5) is 5.69 Å². The van der Waals surface area contributed by atoms with Crippen LogP contribution < -0.4 is 14.5 Å². The number of sulfonamides is 1. The number of phenols is 1. The fourth-order valence-electron chi connectivity index (χ4n) is 2.96. The second-order valence-electron chi connectivity index (χ2n) is 6.90. The van der Waals surface area contributed by atoms with Crippen LogP contribution in [0.15, 0.2) is 77.9 Å². The first-order valence-electron chi connectivity index (χ1n) is 9.60. The molecule has 0 spiro atoms. The summed E-state index contributed by atoms with van der Waals surface area (Å²) in [6.45, 7) is 0.180. The lowest BCUT2D eigenvalue weighted by Gasteiger charge is -2.22. The molecule has 0 aliphatic rings. The molecule has 32 heavy (non-hydrogen) atoms. The zero-order valence-corrected chi connectivity index (χ0v) is 18.4. The average Bonchev–Trinajstić information content (AvgIpc) is 2.78. The molecule has 0 aromatic heterocycles. The molecular formula is C23H23N3O5S. The second kappa shape index (κ2) is 9.97. The van der Waals surface area contributed by atoms with E-state index in [0.29, 0.717) is 22.6 Å². The Morgan fingerprint density at radius 1 is 1.06 bits per heavy atom. The number of carbonyl (C=O) groups is 1. The minimum Gasteiger partial charge on any atom is -0.504 e. The van der Waals surface area contributed by atoms with E-state index in [2.05, 4.69) is 10.5 Å². The number of nitrogens with one attached hydrogen (secondary N) is 1. The van der Waals surface area contributed by atoms with E-state index >= 15 is 0 Å². The lowest BCUT2D eigenvalue weighted by molar-refractivity contribution is 0.0955. The van der Waals surface area contributed by atoms with Gasteiger partial charge < -0.3 is 9.84 Å². The first kappa shape index (κ1) is 22.8. The second-order valence-corrected chi connectivity index (χ2v) is 8.81. The molecule has 0 heterocycles. The van der Waals surface area contributed by atoms with Crippen LogP contribution >= 0.6 is 0 Å². The van der Waals surface area contributed by atoms with Crippen molar-refractivity contribution >= 4 is 27.8 Å². The Labute approximate surface area is 186 Å². The molecule has 0 saturated carbocycles. The molecule has 3 rings (SSSR count). The van der Waals surface area contributed by atoms with Crippen molar-refractivity contribution in [3.05, 3.63) is 89.5 Å². The maximum Gasteiger partial charge on any atom is 0.271 e. The van der Waals surface area contributed by atoms with Crippen LogP contribution in [-0.2, 0) is 16.6 Å². The van der Waals surface area contributed by atoms with Crippen LogP contribution in [0.2, 0.25) is 0 Å². The van der Waals surface area contributed by atoms with Gasteiger partial charge in [-0.05, 0) is 42.0 Å². The van der Waals surface area contributed by atoms with E-state index in [4.69, 9.17) is 4.74 Å². The molecule has 0 saturated heterocycles. The molecule has 9 heteroatoms. The van der Waals surface area contributed by atoms with E-state index in [1.807, 2.05) is 30.3 Å². The summed E-state index contributed by atoms with van der Waals surface area (Å²) in [4.78, 5) is 12.4. The number of hydrogen-bond donors (Lipinski definition) is 2. The molecule has 0 fully saturated rings. The average molecular weight is 454 g/mol. The Balaban J connectivity index is 1.72. The number of amides is 1. The highest BCUT2D eigenvalue weighted by Gasteiger charge is 2.18.